The fraction of sp³-hybridized carbons (Fsp3) is 0.263. The van der Waals surface area contributed by atoms with Gasteiger partial charge in [-0.25, -0.2) is 0 Å². The molecule has 6 nitrogen and oxygen atoms in total. The fourth-order valence-corrected chi connectivity index (χ4v) is 3.94. The molecule has 0 radical (unpaired) electrons. The van der Waals surface area contributed by atoms with E-state index in [1.165, 1.54) is 23.1 Å². The topological polar surface area (TPSA) is 76.5 Å². The van der Waals surface area contributed by atoms with Crippen LogP contribution < -0.4 is 14.8 Å². The van der Waals surface area contributed by atoms with Crippen molar-refractivity contribution in [3.05, 3.63) is 54.1 Å². The molecule has 1 heterocycles. The molecule has 0 fully saturated rings. The van der Waals surface area contributed by atoms with Crippen molar-refractivity contribution in [2.45, 2.75) is 17.4 Å². The zero-order chi connectivity index (χ0) is 19.1. The van der Waals surface area contributed by atoms with Gasteiger partial charge in [-0.05, 0) is 42.8 Å². The van der Waals surface area contributed by atoms with Gasteiger partial charge in [-0.15, -0.1) is 10.2 Å². The van der Waals surface area contributed by atoms with Gasteiger partial charge in [0.2, 0.25) is 5.13 Å². The Morgan fingerprint density at radius 1 is 1.15 bits per heavy atom. The molecule has 1 atom stereocenters. The van der Waals surface area contributed by atoms with Gasteiger partial charge < -0.3 is 19.9 Å². The Kier molecular flexibility index (Phi) is 6.92. The zero-order valence-corrected chi connectivity index (χ0v) is 16.7. The van der Waals surface area contributed by atoms with Crippen molar-refractivity contribution >= 4 is 33.9 Å². The summed E-state index contributed by atoms with van der Waals surface area (Å²) in [6.45, 7) is 2.22. The molecule has 0 aliphatic heterocycles. The molecule has 2 aromatic carbocycles. The molecular weight excluding hydrogens is 382 g/mol. The minimum absolute atomic E-state index is 0.244. The van der Waals surface area contributed by atoms with Crippen molar-refractivity contribution in [1.29, 1.82) is 0 Å². The Morgan fingerprint density at radius 3 is 2.67 bits per heavy atom. The van der Waals surface area contributed by atoms with Gasteiger partial charge in [0, 0.05) is 11.4 Å². The number of aliphatic hydroxyl groups excluding tert-OH is 1. The Morgan fingerprint density at radius 2 is 1.93 bits per heavy atom. The molecule has 0 amide bonds. The SMILES string of the molecule is COc1ccc(Nc2nnc(SC[C@@H](O)COc3ccccc3C)s2)cc1. The first kappa shape index (κ1) is 19.5. The molecular formula is C19H21N3O3S2. The van der Waals surface area contributed by atoms with Gasteiger partial charge in [0.05, 0.1) is 13.2 Å². The third-order valence-corrected chi connectivity index (χ3v) is 5.79. The number of benzene rings is 2. The number of nitrogens with zero attached hydrogens (tertiary/aromatic N) is 2. The number of methoxy groups -OCH3 is 1. The number of aliphatic hydroxyl groups is 1. The molecule has 0 bridgehead atoms. The lowest BCUT2D eigenvalue weighted by Gasteiger charge is -2.12. The predicted molar refractivity (Wildman–Crippen MR) is 110 cm³/mol. The lowest BCUT2D eigenvalue weighted by Crippen LogP contribution is -2.20. The second kappa shape index (κ2) is 9.59. The van der Waals surface area contributed by atoms with Crippen LogP contribution in [0.1, 0.15) is 5.56 Å². The molecule has 3 rings (SSSR count). The third-order valence-electron chi connectivity index (χ3n) is 3.67. The minimum atomic E-state index is -0.587. The number of anilines is 2. The van der Waals surface area contributed by atoms with E-state index in [-0.39, 0.29) is 6.61 Å². The van der Waals surface area contributed by atoms with Crippen molar-refractivity contribution in [2.24, 2.45) is 0 Å². The first-order valence-corrected chi connectivity index (χ1v) is 10.2. The summed E-state index contributed by atoms with van der Waals surface area (Å²) in [6.07, 6.45) is -0.587. The Bertz CT molecular complexity index is 855. The average molecular weight is 404 g/mol. The highest BCUT2D eigenvalue weighted by Crippen LogP contribution is 2.28. The van der Waals surface area contributed by atoms with Crippen LogP contribution in [-0.2, 0) is 0 Å². The summed E-state index contributed by atoms with van der Waals surface area (Å²) in [5, 5.41) is 22.3. The van der Waals surface area contributed by atoms with Gasteiger partial charge in [-0.3, -0.25) is 0 Å². The van der Waals surface area contributed by atoms with Gasteiger partial charge in [-0.2, -0.15) is 0 Å². The number of hydrogen-bond donors (Lipinski definition) is 2. The molecule has 0 spiro atoms. The summed E-state index contributed by atoms with van der Waals surface area (Å²) in [5.74, 6) is 2.09. The number of aryl methyl sites for hydroxylation is 1. The van der Waals surface area contributed by atoms with Crippen LogP contribution in [0.15, 0.2) is 52.9 Å². The van der Waals surface area contributed by atoms with Crippen molar-refractivity contribution in [1.82, 2.24) is 10.2 Å². The van der Waals surface area contributed by atoms with E-state index in [9.17, 15) is 5.11 Å². The Hall–Kier alpha value is -2.29. The molecule has 0 aliphatic carbocycles. The highest BCUT2D eigenvalue weighted by Gasteiger charge is 2.11. The highest BCUT2D eigenvalue weighted by molar-refractivity contribution is 8.01. The van der Waals surface area contributed by atoms with Crippen molar-refractivity contribution in [3.63, 3.8) is 0 Å². The molecule has 3 aromatic rings. The second-order valence-corrected chi connectivity index (χ2v) is 8.01. The van der Waals surface area contributed by atoms with E-state index < -0.39 is 6.10 Å². The van der Waals surface area contributed by atoms with Gasteiger partial charge in [-0.1, -0.05) is 41.3 Å². The second-order valence-electron chi connectivity index (χ2n) is 5.77. The van der Waals surface area contributed by atoms with Gasteiger partial charge in [0.1, 0.15) is 18.1 Å². The van der Waals surface area contributed by atoms with E-state index in [1.54, 1.807) is 7.11 Å². The molecule has 2 N–H and O–H groups in total. The summed E-state index contributed by atoms with van der Waals surface area (Å²) < 4.78 is 11.6. The fourth-order valence-electron chi connectivity index (χ4n) is 2.24. The largest absolute Gasteiger partial charge is 0.497 e. The maximum atomic E-state index is 10.1. The monoisotopic (exact) mass is 403 g/mol. The molecule has 142 valence electrons. The zero-order valence-electron chi connectivity index (χ0n) is 15.1. The lowest BCUT2D eigenvalue weighted by molar-refractivity contribution is 0.126. The van der Waals surface area contributed by atoms with E-state index in [2.05, 4.69) is 15.5 Å². The Balaban J connectivity index is 1.45. The number of rotatable bonds is 9. The molecule has 0 saturated heterocycles. The van der Waals surface area contributed by atoms with Crippen LogP contribution >= 0.6 is 23.1 Å². The number of nitrogens with one attached hydrogen (secondary N) is 1. The summed E-state index contributed by atoms with van der Waals surface area (Å²) in [4.78, 5) is 0. The number of aromatic nitrogens is 2. The predicted octanol–water partition coefficient (Wildman–Crippen LogP) is 4.13. The number of hydrogen-bond acceptors (Lipinski definition) is 8. The van der Waals surface area contributed by atoms with Crippen LogP contribution in [0.4, 0.5) is 10.8 Å². The molecule has 0 saturated carbocycles. The summed E-state index contributed by atoms with van der Waals surface area (Å²) >= 11 is 2.90. The maximum absolute atomic E-state index is 10.1. The van der Waals surface area contributed by atoms with Crippen molar-refractivity contribution < 1.29 is 14.6 Å². The van der Waals surface area contributed by atoms with E-state index in [1.807, 2.05) is 55.5 Å². The Labute approximate surface area is 166 Å². The molecule has 0 unspecified atom stereocenters. The lowest BCUT2D eigenvalue weighted by atomic mass is 10.2. The molecule has 8 heteroatoms. The standard InChI is InChI=1S/C19H21N3O3S2/c1-13-5-3-4-6-17(13)25-11-15(23)12-26-19-22-21-18(27-19)20-14-7-9-16(24-2)10-8-14/h3-10,15,23H,11-12H2,1-2H3,(H,20,21)/t15-/m0/s1. The van der Waals surface area contributed by atoms with Crippen LogP contribution in [0.25, 0.3) is 0 Å². The number of thioether (sulfide) groups is 1. The van der Waals surface area contributed by atoms with Gasteiger partial charge in [0.25, 0.3) is 0 Å². The normalized spacial score (nSPS) is 11.8. The van der Waals surface area contributed by atoms with E-state index in [0.29, 0.717) is 10.9 Å². The quantitative estimate of drug-likeness (QED) is 0.520. The van der Waals surface area contributed by atoms with Crippen LogP contribution in [-0.4, -0.2) is 40.9 Å². The van der Waals surface area contributed by atoms with E-state index >= 15 is 0 Å². The first-order chi connectivity index (χ1) is 13.1. The van der Waals surface area contributed by atoms with Crippen molar-refractivity contribution in [2.75, 3.05) is 24.8 Å². The van der Waals surface area contributed by atoms with Gasteiger partial charge in [0.15, 0.2) is 4.34 Å². The van der Waals surface area contributed by atoms with E-state index in [0.717, 1.165) is 27.1 Å². The first-order valence-electron chi connectivity index (χ1n) is 8.38. The van der Waals surface area contributed by atoms with Crippen molar-refractivity contribution in [3.8, 4) is 11.5 Å². The van der Waals surface area contributed by atoms with Crippen LogP contribution in [0.5, 0.6) is 11.5 Å². The van der Waals surface area contributed by atoms with E-state index in [4.69, 9.17) is 9.47 Å². The summed E-state index contributed by atoms with van der Waals surface area (Å²) in [7, 11) is 1.64. The van der Waals surface area contributed by atoms with Gasteiger partial charge >= 0.3 is 0 Å². The molecule has 27 heavy (non-hydrogen) atoms. The minimum Gasteiger partial charge on any atom is -0.497 e. The number of ether oxygens (including phenoxy) is 2. The maximum Gasteiger partial charge on any atom is 0.210 e. The number of para-hydroxylation sites is 1. The molecule has 1 aromatic heterocycles. The third kappa shape index (κ3) is 5.85. The summed E-state index contributed by atoms with van der Waals surface area (Å²) in [6, 6.07) is 15.3. The average Bonchev–Trinajstić information content (AvgIpc) is 3.13. The summed E-state index contributed by atoms with van der Waals surface area (Å²) in [5.41, 5.74) is 1.96. The molecule has 0 aliphatic rings. The van der Waals surface area contributed by atoms with Crippen LogP contribution in [0, 0.1) is 6.92 Å². The van der Waals surface area contributed by atoms with Crippen LogP contribution in [0.2, 0.25) is 0 Å². The smallest absolute Gasteiger partial charge is 0.210 e. The highest BCUT2D eigenvalue weighted by atomic mass is 32.2. The van der Waals surface area contributed by atoms with Crippen LogP contribution in [0.3, 0.4) is 0 Å².